The average Bonchev–Trinajstić information content (AvgIpc) is 2.34. The summed E-state index contributed by atoms with van der Waals surface area (Å²) in [4.78, 5) is 2.24. The number of hydrogen-bond donors (Lipinski definition) is 0. The van der Waals surface area contributed by atoms with E-state index < -0.39 is 0 Å². The molecule has 0 unspecified atom stereocenters. The molecule has 0 aliphatic rings. The van der Waals surface area contributed by atoms with E-state index in [0.29, 0.717) is 0 Å². The maximum atomic E-state index is 12.4. The summed E-state index contributed by atoms with van der Waals surface area (Å²) in [6.45, 7) is 5.22. The van der Waals surface area contributed by atoms with Gasteiger partial charge in [0.15, 0.2) is 0 Å². The van der Waals surface area contributed by atoms with Gasteiger partial charge in [0.1, 0.15) is 6.67 Å². The van der Waals surface area contributed by atoms with E-state index in [1.807, 2.05) is 24.3 Å². The van der Waals surface area contributed by atoms with E-state index in [0.717, 1.165) is 18.0 Å². The molecular formula is C15H24FN. The van der Waals surface area contributed by atoms with Crippen LogP contribution in [0.15, 0.2) is 24.3 Å². The number of halogens is 1. The largest absolute Gasteiger partial charge is 0.375 e. The van der Waals surface area contributed by atoms with Crippen LogP contribution in [0, 0.1) is 5.92 Å². The SMILES string of the molecule is CC(C)CCCCN(C)c1ccc(CF)cc1. The molecule has 0 fully saturated rings. The molecule has 17 heavy (non-hydrogen) atoms. The Kier molecular flexibility index (Phi) is 6.03. The second-order valence-corrected chi connectivity index (χ2v) is 5.11. The van der Waals surface area contributed by atoms with E-state index in [9.17, 15) is 4.39 Å². The van der Waals surface area contributed by atoms with Crippen LogP contribution < -0.4 is 4.90 Å². The second-order valence-electron chi connectivity index (χ2n) is 5.11. The molecule has 0 heterocycles. The molecule has 0 saturated carbocycles. The van der Waals surface area contributed by atoms with Gasteiger partial charge in [0.05, 0.1) is 0 Å². The molecule has 2 heteroatoms. The molecule has 0 N–H and O–H groups in total. The van der Waals surface area contributed by atoms with E-state index in [1.54, 1.807) is 0 Å². The van der Waals surface area contributed by atoms with Crippen LogP contribution in [-0.2, 0) is 6.67 Å². The molecule has 1 aromatic carbocycles. The molecule has 96 valence electrons. The van der Waals surface area contributed by atoms with Gasteiger partial charge < -0.3 is 4.90 Å². The molecule has 1 aromatic rings. The number of anilines is 1. The van der Waals surface area contributed by atoms with Gasteiger partial charge in [0, 0.05) is 19.3 Å². The molecule has 0 bridgehead atoms. The zero-order chi connectivity index (χ0) is 12.7. The lowest BCUT2D eigenvalue weighted by Gasteiger charge is -2.19. The summed E-state index contributed by atoms with van der Waals surface area (Å²) < 4.78 is 12.4. The number of nitrogens with zero attached hydrogens (tertiary/aromatic N) is 1. The van der Waals surface area contributed by atoms with Crippen molar-refractivity contribution in [1.29, 1.82) is 0 Å². The summed E-state index contributed by atoms with van der Waals surface area (Å²) in [5.41, 5.74) is 1.92. The smallest absolute Gasteiger partial charge is 0.115 e. The van der Waals surface area contributed by atoms with E-state index in [-0.39, 0.29) is 6.67 Å². The Balaban J connectivity index is 2.33. The van der Waals surface area contributed by atoms with E-state index in [1.165, 1.54) is 24.9 Å². The molecule has 0 spiro atoms. The van der Waals surface area contributed by atoms with Crippen LogP contribution in [0.4, 0.5) is 10.1 Å². The van der Waals surface area contributed by atoms with Gasteiger partial charge in [-0.1, -0.05) is 38.8 Å². The average molecular weight is 237 g/mol. The molecule has 0 atom stereocenters. The minimum absolute atomic E-state index is 0.377. The van der Waals surface area contributed by atoms with Gasteiger partial charge in [0.2, 0.25) is 0 Å². The number of rotatable bonds is 7. The van der Waals surface area contributed by atoms with Gasteiger partial charge in [0.25, 0.3) is 0 Å². The quantitative estimate of drug-likeness (QED) is 0.635. The number of unbranched alkanes of at least 4 members (excludes halogenated alkanes) is 1. The lowest BCUT2D eigenvalue weighted by molar-refractivity contribution is 0.485. The summed E-state index contributed by atoms with van der Waals surface area (Å²) >= 11 is 0. The van der Waals surface area contributed by atoms with Gasteiger partial charge in [-0.2, -0.15) is 0 Å². The maximum Gasteiger partial charge on any atom is 0.115 e. The van der Waals surface area contributed by atoms with E-state index in [4.69, 9.17) is 0 Å². The predicted molar refractivity (Wildman–Crippen MR) is 73.2 cm³/mol. The molecule has 0 aliphatic heterocycles. The van der Waals surface area contributed by atoms with Crippen molar-refractivity contribution in [3.8, 4) is 0 Å². The standard InChI is InChI=1S/C15H24FN/c1-13(2)6-4-5-11-17(3)15-9-7-14(12-16)8-10-15/h7-10,13H,4-6,11-12H2,1-3H3. The summed E-state index contributed by atoms with van der Waals surface area (Å²) in [5.74, 6) is 0.796. The Morgan fingerprint density at radius 2 is 1.76 bits per heavy atom. The molecule has 0 saturated heterocycles. The van der Waals surface area contributed by atoms with Crippen LogP contribution >= 0.6 is 0 Å². The van der Waals surface area contributed by atoms with E-state index >= 15 is 0 Å². The molecule has 1 nitrogen and oxygen atoms in total. The highest BCUT2D eigenvalue weighted by Crippen LogP contribution is 2.15. The Labute approximate surface area is 105 Å². The Morgan fingerprint density at radius 3 is 2.29 bits per heavy atom. The second kappa shape index (κ2) is 7.31. The zero-order valence-corrected chi connectivity index (χ0v) is 11.2. The Hall–Kier alpha value is -1.05. The fourth-order valence-electron chi connectivity index (χ4n) is 1.87. The summed E-state index contributed by atoms with van der Waals surface area (Å²) in [6, 6.07) is 7.72. The summed E-state index contributed by atoms with van der Waals surface area (Å²) in [5, 5.41) is 0. The first-order valence-corrected chi connectivity index (χ1v) is 6.49. The van der Waals surface area contributed by atoms with Crippen LogP contribution in [0.25, 0.3) is 0 Å². The zero-order valence-electron chi connectivity index (χ0n) is 11.2. The third-order valence-corrected chi connectivity index (χ3v) is 3.06. The van der Waals surface area contributed by atoms with Gasteiger partial charge in [-0.15, -0.1) is 0 Å². The lowest BCUT2D eigenvalue weighted by atomic mass is 10.1. The van der Waals surface area contributed by atoms with Crippen molar-refractivity contribution in [3.63, 3.8) is 0 Å². The van der Waals surface area contributed by atoms with Crippen LogP contribution in [-0.4, -0.2) is 13.6 Å². The highest BCUT2D eigenvalue weighted by atomic mass is 19.1. The first kappa shape index (κ1) is 14.0. The molecular weight excluding hydrogens is 213 g/mol. The van der Waals surface area contributed by atoms with E-state index in [2.05, 4.69) is 25.8 Å². The number of alkyl halides is 1. The van der Waals surface area contributed by atoms with Gasteiger partial charge >= 0.3 is 0 Å². The highest BCUT2D eigenvalue weighted by Gasteiger charge is 2.01. The van der Waals surface area contributed by atoms with Crippen LogP contribution in [0.1, 0.15) is 38.7 Å². The fourth-order valence-corrected chi connectivity index (χ4v) is 1.87. The van der Waals surface area contributed by atoms with Crippen LogP contribution in [0.3, 0.4) is 0 Å². The minimum atomic E-state index is -0.377. The topological polar surface area (TPSA) is 3.24 Å². The van der Waals surface area contributed by atoms with Crippen molar-refractivity contribution in [2.24, 2.45) is 5.92 Å². The molecule has 0 aromatic heterocycles. The minimum Gasteiger partial charge on any atom is -0.375 e. The first-order valence-electron chi connectivity index (χ1n) is 6.49. The lowest BCUT2D eigenvalue weighted by Crippen LogP contribution is -2.18. The van der Waals surface area contributed by atoms with Gasteiger partial charge in [-0.05, 0) is 30.0 Å². The van der Waals surface area contributed by atoms with Crippen molar-refractivity contribution >= 4 is 5.69 Å². The number of benzene rings is 1. The van der Waals surface area contributed by atoms with Gasteiger partial charge in [-0.3, -0.25) is 0 Å². The molecule has 0 radical (unpaired) electrons. The summed E-state index contributed by atoms with van der Waals surface area (Å²) in [7, 11) is 2.10. The van der Waals surface area contributed by atoms with Crippen LogP contribution in [0.5, 0.6) is 0 Å². The maximum absolute atomic E-state index is 12.4. The van der Waals surface area contributed by atoms with Crippen molar-refractivity contribution in [1.82, 2.24) is 0 Å². The number of hydrogen-bond acceptors (Lipinski definition) is 1. The summed E-state index contributed by atoms with van der Waals surface area (Å²) in [6.07, 6.45) is 3.80. The molecule has 1 rings (SSSR count). The molecule has 0 aliphatic carbocycles. The Morgan fingerprint density at radius 1 is 1.12 bits per heavy atom. The Bertz CT molecular complexity index is 305. The van der Waals surface area contributed by atoms with Crippen molar-refractivity contribution in [2.45, 2.75) is 39.8 Å². The van der Waals surface area contributed by atoms with Crippen molar-refractivity contribution in [2.75, 3.05) is 18.5 Å². The van der Waals surface area contributed by atoms with Crippen molar-refractivity contribution in [3.05, 3.63) is 29.8 Å². The highest BCUT2D eigenvalue weighted by molar-refractivity contribution is 5.46. The monoisotopic (exact) mass is 237 g/mol. The predicted octanol–water partition coefficient (Wildman–Crippen LogP) is 4.42. The third-order valence-electron chi connectivity index (χ3n) is 3.06. The van der Waals surface area contributed by atoms with Crippen molar-refractivity contribution < 1.29 is 4.39 Å². The fraction of sp³-hybridized carbons (Fsp3) is 0.600. The first-order chi connectivity index (χ1) is 8.13. The molecule has 0 amide bonds. The van der Waals surface area contributed by atoms with Gasteiger partial charge in [-0.25, -0.2) is 4.39 Å². The third kappa shape index (κ3) is 5.20. The normalized spacial score (nSPS) is 10.9. The van der Waals surface area contributed by atoms with Crippen LogP contribution in [0.2, 0.25) is 0 Å².